The number of phenols is 1. The monoisotopic (exact) mass is 296 g/mol. The topological polar surface area (TPSA) is 20.2 Å². The Morgan fingerprint density at radius 2 is 1.64 bits per heavy atom. The van der Waals surface area contributed by atoms with E-state index in [1.54, 1.807) is 0 Å². The van der Waals surface area contributed by atoms with Gasteiger partial charge in [-0.3, -0.25) is 0 Å². The maximum Gasteiger partial charge on any atom is 0.119 e. The van der Waals surface area contributed by atoms with Crippen LogP contribution in [0, 0.1) is 0 Å². The van der Waals surface area contributed by atoms with E-state index >= 15 is 0 Å². The molecule has 1 N–H and O–H groups in total. The van der Waals surface area contributed by atoms with Crippen LogP contribution in [0.4, 0.5) is 0 Å². The van der Waals surface area contributed by atoms with Gasteiger partial charge in [0.15, 0.2) is 0 Å². The number of hydrogen-bond acceptors (Lipinski definition) is 1. The SMILES string of the molecule is CCCC(CC)c1cccc(O)c1C(C)(C)c1ccccc1. The summed E-state index contributed by atoms with van der Waals surface area (Å²) in [6, 6.07) is 16.5. The molecule has 0 saturated carbocycles. The number of aromatic hydroxyl groups is 1. The summed E-state index contributed by atoms with van der Waals surface area (Å²) in [4.78, 5) is 0. The molecule has 1 nitrogen and oxygen atoms in total. The van der Waals surface area contributed by atoms with Gasteiger partial charge in [0.25, 0.3) is 0 Å². The summed E-state index contributed by atoms with van der Waals surface area (Å²) in [5.41, 5.74) is 3.42. The molecule has 0 aliphatic heterocycles. The molecule has 118 valence electrons. The van der Waals surface area contributed by atoms with Crippen LogP contribution >= 0.6 is 0 Å². The molecule has 2 rings (SSSR count). The molecule has 2 aromatic carbocycles. The summed E-state index contributed by atoms with van der Waals surface area (Å²) in [5.74, 6) is 0.927. The Balaban J connectivity index is 2.59. The minimum absolute atomic E-state index is 0.205. The summed E-state index contributed by atoms with van der Waals surface area (Å²) in [6.45, 7) is 8.89. The maximum atomic E-state index is 10.6. The lowest BCUT2D eigenvalue weighted by Crippen LogP contribution is -2.22. The highest BCUT2D eigenvalue weighted by molar-refractivity contribution is 5.51. The van der Waals surface area contributed by atoms with Gasteiger partial charge in [0, 0.05) is 11.0 Å². The molecule has 1 atom stereocenters. The quantitative estimate of drug-likeness (QED) is 0.692. The molecule has 0 aliphatic rings. The standard InChI is InChI=1S/C21H28O/c1-5-11-16(6-2)18-14-10-15-19(22)20(18)21(3,4)17-12-8-7-9-13-17/h7-10,12-16,22H,5-6,11H2,1-4H3. The smallest absolute Gasteiger partial charge is 0.119 e. The lowest BCUT2D eigenvalue weighted by atomic mass is 9.72. The van der Waals surface area contributed by atoms with Gasteiger partial charge in [-0.15, -0.1) is 0 Å². The van der Waals surface area contributed by atoms with Crippen LogP contribution < -0.4 is 0 Å². The van der Waals surface area contributed by atoms with E-state index in [-0.39, 0.29) is 5.41 Å². The molecule has 1 unspecified atom stereocenters. The van der Waals surface area contributed by atoms with Crippen molar-refractivity contribution < 1.29 is 5.11 Å². The summed E-state index contributed by atoms with van der Waals surface area (Å²) < 4.78 is 0. The van der Waals surface area contributed by atoms with Crippen molar-refractivity contribution >= 4 is 0 Å². The fraction of sp³-hybridized carbons (Fsp3) is 0.429. The van der Waals surface area contributed by atoms with Crippen LogP contribution in [0.1, 0.15) is 69.6 Å². The fourth-order valence-corrected chi connectivity index (χ4v) is 3.51. The zero-order valence-corrected chi connectivity index (χ0v) is 14.3. The first-order valence-corrected chi connectivity index (χ1v) is 8.40. The van der Waals surface area contributed by atoms with Gasteiger partial charge in [-0.2, -0.15) is 0 Å². The average Bonchev–Trinajstić information content (AvgIpc) is 2.53. The Labute approximate surface area is 135 Å². The fourth-order valence-electron chi connectivity index (χ4n) is 3.51. The molecular weight excluding hydrogens is 268 g/mol. The minimum Gasteiger partial charge on any atom is -0.508 e. The molecule has 22 heavy (non-hydrogen) atoms. The largest absolute Gasteiger partial charge is 0.508 e. The van der Waals surface area contributed by atoms with Crippen LogP contribution in [0.2, 0.25) is 0 Å². The molecule has 0 amide bonds. The van der Waals surface area contributed by atoms with Crippen molar-refractivity contribution in [1.82, 2.24) is 0 Å². The molecular formula is C21H28O. The van der Waals surface area contributed by atoms with Gasteiger partial charge in [0.2, 0.25) is 0 Å². The van der Waals surface area contributed by atoms with Gasteiger partial charge < -0.3 is 5.11 Å². The van der Waals surface area contributed by atoms with Gasteiger partial charge in [0.05, 0.1) is 0 Å². The lowest BCUT2D eigenvalue weighted by Gasteiger charge is -2.32. The molecule has 0 radical (unpaired) electrons. The third-order valence-corrected chi connectivity index (χ3v) is 4.76. The Bertz CT molecular complexity index is 599. The summed E-state index contributed by atoms with van der Waals surface area (Å²) in [7, 11) is 0. The summed E-state index contributed by atoms with van der Waals surface area (Å²) >= 11 is 0. The normalized spacial score (nSPS) is 13.1. The first-order valence-electron chi connectivity index (χ1n) is 8.40. The van der Waals surface area contributed by atoms with E-state index in [1.807, 2.05) is 18.2 Å². The maximum absolute atomic E-state index is 10.6. The number of phenolic OH excluding ortho intramolecular Hbond substituents is 1. The van der Waals surface area contributed by atoms with Crippen LogP contribution in [0.25, 0.3) is 0 Å². The second kappa shape index (κ2) is 7.00. The molecule has 0 spiro atoms. The van der Waals surface area contributed by atoms with Crippen molar-refractivity contribution in [2.45, 2.75) is 58.3 Å². The molecule has 0 heterocycles. The highest BCUT2D eigenvalue weighted by Gasteiger charge is 2.30. The van der Waals surface area contributed by atoms with Crippen molar-refractivity contribution in [3.8, 4) is 5.75 Å². The summed E-state index contributed by atoms with van der Waals surface area (Å²) in [6.07, 6.45) is 3.44. The van der Waals surface area contributed by atoms with Gasteiger partial charge in [-0.1, -0.05) is 76.6 Å². The Morgan fingerprint density at radius 3 is 2.23 bits per heavy atom. The molecule has 0 aromatic heterocycles. The number of rotatable bonds is 6. The Hall–Kier alpha value is -1.76. The Morgan fingerprint density at radius 1 is 0.955 bits per heavy atom. The molecule has 0 aliphatic carbocycles. The van der Waals surface area contributed by atoms with Crippen molar-refractivity contribution in [3.05, 3.63) is 65.2 Å². The molecule has 1 heteroatoms. The molecule has 2 aromatic rings. The second-order valence-corrected chi connectivity index (χ2v) is 6.63. The predicted octanol–water partition coefficient (Wildman–Crippen LogP) is 6.01. The zero-order valence-electron chi connectivity index (χ0n) is 14.3. The third kappa shape index (κ3) is 3.19. The van der Waals surface area contributed by atoms with Gasteiger partial charge in [-0.25, -0.2) is 0 Å². The second-order valence-electron chi connectivity index (χ2n) is 6.63. The van der Waals surface area contributed by atoms with Gasteiger partial charge in [-0.05, 0) is 36.0 Å². The van der Waals surface area contributed by atoms with E-state index in [2.05, 4.69) is 58.0 Å². The minimum atomic E-state index is -0.205. The Kier molecular flexibility index (Phi) is 5.28. The molecule has 0 fully saturated rings. The first kappa shape index (κ1) is 16.6. The van der Waals surface area contributed by atoms with Gasteiger partial charge >= 0.3 is 0 Å². The lowest BCUT2D eigenvalue weighted by molar-refractivity contribution is 0.446. The highest BCUT2D eigenvalue weighted by Crippen LogP contribution is 2.42. The van der Waals surface area contributed by atoms with Crippen molar-refractivity contribution in [3.63, 3.8) is 0 Å². The van der Waals surface area contributed by atoms with E-state index < -0.39 is 0 Å². The number of hydrogen-bond donors (Lipinski definition) is 1. The van der Waals surface area contributed by atoms with Crippen LogP contribution in [0.3, 0.4) is 0 Å². The van der Waals surface area contributed by atoms with Gasteiger partial charge in [0.1, 0.15) is 5.75 Å². The van der Waals surface area contributed by atoms with E-state index in [0.29, 0.717) is 11.7 Å². The molecule has 0 bridgehead atoms. The van der Waals surface area contributed by atoms with E-state index in [1.165, 1.54) is 17.5 Å². The summed E-state index contributed by atoms with van der Waals surface area (Å²) in [5, 5.41) is 10.6. The van der Waals surface area contributed by atoms with E-state index in [9.17, 15) is 5.11 Å². The van der Waals surface area contributed by atoms with E-state index in [0.717, 1.165) is 18.4 Å². The first-order chi connectivity index (χ1) is 10.5. The predicted molar refractivity (Wildman–Crippen MR) is 94.6 cm³/mol. The van der Waals surface area contributed by atoms with Crippen LogP contribution in [0.5, 0.6) is 5.75 Å². The van der Waals surface area contributed by atoms with Crippen molar-refractivity contribution in [1.29, 1.82) is 0 Å². The van der Waals surface area contributed by atoms with Crippen LogP contribution in [-0.2, 0) is 5.41 Å². The van der Waals surface area contributed by atoms with Crippen LogP contribution in [0.15, 0.2) is 48.5 Å². The molecule has 0 saturated heterocycles. The van der Waals surface area contributed by atoms with Crippen molar-refractivity contribution in [2.75, 3.05) is 0 Å². The van der Waals surface area contributed by atoms with Crippen molar-refractivity contribution in [2.24, 2.45) is 0 Å². The van der Waals surface area contributed by atoms with Crippen LogP contribution in [-0.4, -0.2) is 5.11 Å². The zero-order chi connectivity index (χ0) is 16.2. The highest BCUT2D eigenvalue weighted by atomic mass is 16.3. The average molecular weight is 296 g/mol. The number of benzene rings is 2. The third-order valence-electron chi connectivity index (χ3n) is 4.76. The van der Waals surface area contributed by atoms with E-state index in [4.69, 9.17) is 0 Å².